The van der Waals surface area contributed by atoms with Gasteiger partial charge < -0.3 is 14.9 Å². The van der Waals surface area contributed by atoms with E-state index in [1.807, 2.05) is 54.6 Å². The molecule has 2 amide bonds. The van der Waals surface area contributed by atoms with Crippen molar-refractivity contribution in [1.82, 2.24) is 9.80 Å². The number of amides is 2. The van der Waals surface area contributed by atoms with Crippen molar-refractivity contribution in [3.05, 3.63) is 77.0 Å². The van der Waals surface area contributed by atoms with Gasteiger partial charge in [-0.05, 0) is 28.3 Å². The molecule has 2 aromatic carbocycles. The normalized spacial score (nSPS) is 20.0. The predicted molar refractivity (Wildman–Crippen MR) is 107 cm³/mol. The van der Waals surface area contributed by atoms with Crippen molar-refractivity contribution in [2.45, 2.75) is 38.4 Å². The molecular weight excluding hydrogens is 368 g/mol. The van der Waals surface area contributed by atoms with Crippen LogP contribution >= 0.6 is 0 Å². The fraction of sp³-hybridized carbons (Fsp3) is 0.261. The van der Waals surface area contributed by atoms with Gasteiger partial charge in [0, 0.05) is 26.1 Å². The van der Waals surface area contributed by atoms with Gasteiger partial charge in [-0.15, -0.1) is 0 Å². The summed E-state index contributed by atoms with van der Waals surface area (Å²) in [6.45, 7) is 1.73. The highest BCUT2D eigenvalue weighted by molar-refractivity contribution is 5.86. The Labute approximate surface area is 169 Å². The zero-order valence-corrected chi connectivity index (χ0v) is 16.1. The number of aliphatic carboxylic acids is 1. The van der Waals surface area contributed by atoms with Crippen LogP contribution in [-0.4, -0.2) is 38.7 Å². The number of carboxylic acids is 1. The third-order valence-corrected chi connectivity index (χ3v) is 5.69. The summed E-state index contributed by atoms with van der Waals surface area (Å²) in [6, 6.07) is 13.9. The molecule has 2 heterocycles. The van der Waals surface area contributed by atoms with Gasteiger partial charge in [-0.25, -0.2) is 4.79 Å². The van der Waals surface area contributed by atoms with Crippen LogP contribution in [0.2, 0.25) is 0 Å². The van der Waals surface area contributed by atoms with E-state index < -0.39 is 18.1 Å². The van der Waals surface area contributed by atoms with E-state index in [1.165, 1.54) is 11.8 Å². The van der Waals surface area contributed by atoms with E-state index >= 15 is 0 Å². The Balaban J connectivity index is 1.64. The minimum Gasteiger partial charge on any atom is -0.480 e. The first-order valence-corrected chi connectivity index (χ1v) is 9.61. The van der Waals surface area contributed by atoms with Crippen LogP contribution in [0, 0.1) is 0 Å². The van der Waals surface area contributed by atoms with E-state index in [0.29, 0.717) is 0 Å². The van der Waals surface area contributed by atoms with Gasteiger partial charge in [0.2, 0.25) is 11.8 Å². The monoisotopic (exact) mass is 390 g/mol. The van der Waals surface area contributed by atoms with Gasteiger partial charge >= 0.3 is 5.97 Å². The summed E-state index contributed by atoms with van der Waals surface area (Å²) in [5.74, 6) is -1.44. The van der Waals surface area contributed by atoms with E-state index in [1.54, 1.807) is 11.1 Å². The van der Waals surface area contributed by atoms with Crippen LogP contribution in [0.1, 0.15) is 41.6 Å². The number of fused-ring (bicyclic) bond motifs is 2. The third-order valence-electron chi connectivity index (χ3n) is 5.69. The van der Waals surface area contributed by atoms with Crippen molar-refractivity contribution < 1.29 is 19.5 Å². The van der Waals surface area contributed by atoms with E-state index in [0.717, 1.165) is 22.3 Å². The van der Waals surface area contributed by atoms with Crippen LogP contribution in [0.25, 0.3) is 6.08 Å². The van der Waals surface area contributed by atoms with E-state index in [-0.39, 0.29) is 31.2 Å². The highest BCUT2D eigenvalue weighted by Crippen LogP contribution is 2.34. The van der Waals surface area contributed by atoms with Crippen molar-refractivity contribution in [3.8, 4) is 0 Å². The molecule has 1 N–H and O–H groups in total. The minimum atomic E-state index is -1.01. The number of carbonyl (C=O) groups excluding carboxylic acids is 2. The van der Waals surface area contributed by atoms with E-state index in [4.69, 9.17) is 0 Å². The highest BCUT2D eigenvalue weighted by Gasteiger charge is 2.37. The average molecular weight is 390 g/mol. The lowest BCUT2D eigenvalue weighted by molar-refractivity contribution is -0.152. The lowest BCUT2D eigenvalue weighted by atomic mass is 9.91. The molecule has 4 rings (SSSR count). The number of benzene rings is 2. The standard InChI is InChI=1S/C23H22N2O4/c1-15(26)24-11-10-16-6-4-5-9-19(16)20(24)13-22(27)25-14-18-8-3-2-7-17(18)12-21(25)23(28)29/h2-11,20-21H,12-14H2,1H3,(H,28,29)/t20-,21+/m1/s1. The lowest BCUT2D eigenvalue weighted by Gasteiger charge is -2.37. The molecule has 6 heteroatoms. The Bertz CT molecular complexity index is 1010. The maximum absolute atomic E-state index is 13.3. The van der Waals surface area contributed by atoms with Gasteiger partial charge in [-0.3, -0.25) is 9.59 Å². The molecular formula is C23H22N2O4. The number of hydrogen-bond donors (Lipinski definition) is 1. The van der Waals surface area contributed by atoms with Gasteiger partial charge in [0.1, 0.15) is 6.04 Å². The van der Waals surface area contributed by atoms with Crippen LogP contribution in [0.4, 0.5) is 0 Å². The van der Waals surface area contributed by atoms with Gasteiger partial charge in [0.05, 0.1) is 12.5 Å². The number of rotatable bonds is 3. The second kappa shape index (κ2) is 7.54. The van der Waals surface area contributed by atoms with Crippen molar-refractivity contribution in [2.24, 2.45) is 0 Å². The molecule has 29 heavy (non-hydrogen) atoms. The van der Waals surface area contributed by atoms with Gasteiger partial charge in [0.25, 0.3) is 0 Å². The number of carboxylic acid groups (broad SMARTS) is 1. The van der Waals surface area contributed by atoms with Gasteiger partial charge in [-0.1, -0.05) is 48.5 Å². The second-order valence-corrected chi connectivity index (χ2v) is 7.44. The molecule has 2 aliphatic heterocycles. The molecule has 6 nitrogen and oxygen atoms in total. The molecule has 0 bridgehead atoms. The number of hydrogen-bond acceptors (Lipinski definition) is 3. The molecule has 0 saturated heterocycles. The third kappa shape index (κ3) is 3.53. The van der Waals surface area contributed by atoms with Gasteiger partial charge in [-0.2, -0.15) is 0 Å². The molecule has 0 aromatic heterocycles. The summed E-state index contributed by atoms with van der Waals surface area (Å²) in [7, 11) is 0. The maximum atomic E-state index is 13.3. The topological polar surface area (TPSA) is 77.9 Å². The molecule has 2 aromatic rings. The summed E-state index contributed by atoms with van der Waals surface area (Å²) < 4.78 is 0. The second-order valence-electron chi connectivity index (χ2n) is 7.44. The largest absolute Gasteiger partial charge is 0.480 e. The number of carbonyl (C=O) groups is 3. The Morgan fingerprint density at radius 3 is 2.45 bits per heavy atom. The van der Waals surface area contributed by atoms with Crippen molar-refractivity contribution in [2.75, 3.05) is 0 Å². The molecule has 148 valence electrons. The van der Waals surface area contributed by atoms with Crippen LogP contribution in [0.15, 0.2) is 54.7 Å². The average Bonchev–Trinajstić information content (AvgIpc) is 2.72. The SMILES string of the molecule is CC(=O)N1C=Cc2ccccc2[C@H]1CC(=O)N1Cc2ccccc2C[C@H]1C(=O)O. The summed E-state index contributed by atoms with van der Waals surface area (Å²) in [4.78, 5) is 40.3. The first-order valence-electron chi connectivity index (χ1n) is 9.61. The highest BCUT2D eigenvalue weighted by atomic mass is 16.4. The molecule has 0 fully saturated rings. The van der Waals surface area contributed by atoms with Crippen LogP contribution < -0.4 is 0 Å². The maximum Gasteiger partial charge on any atom is 0.326 e. The van der Waals surface area contributed by atoms with Crippen LogP contribution in [0.5, 0.6) is 0 Å². The molecule has 2 aliphatic rings. The summed E-state index contributed by atoms with van der Waals surface area (Å²) in [5.41, 5.74) is 3.77. The summed E-state index contributed by atoms with van der Waals surface area (Å²) in [6.07, 6.45) is 3.87. The summed E-state index contributed by atoms with van der Waals surface area (Å²) in [5, 5.41) is 9.72. The Morgan fingerprint density at radius 2 is 1.72 bits per heavy atom. The lowest BCUT2D eigenvalue weighted by Crippen LogP contribution is -2.49. The predicted octanol–water partition coefficient (Wildman–Crippen LogP) is 2.99. The zero-order valence-electron chi connectivity index (χ0n) is 16.1. The molecule has 0 unspecified atom stereocenters. The molecule has 0 aliphatic carbocycles. The van der Waals surface area contributed by atoms with E-state index in [2.05, 4.69) is 0 Å². The summed E-state index contributed by atoms with van der Waals surface area (Å²) >= 11 is 0. The fourth-order valence-corrected chi connectivity index (χ4v) is 4.20. The zero-order chi connectivity index (χ0) is 20.5. The number of nitrogens with zero attached hydrogens (tertiary/aromatic N) is 2. The van der Waals surface area contributed by atoms with Crippen molar-refractivity contribution in [1.29, 1.82) is 0 Å². The first-order chi connectivity index (χ1) is 14.0. The molecule has 0 spiro atoms. The Morgan fingerprint density at radius 1 is 1.03 bits per heavy atom. The van der Waals surface area contributed by atoms with Gasteiger partial charge in [0.15, 0.2) is 0 Å². The smallest absolute Gasteiger partial charge is 0.326 e. The Hall–Kier alpha value is -3.41. The Kier molecular flexibility index (Phi) is 4.92. The van der Waals surface area contributed by atoms with Crippen LogP contribution in [-0.2, 0) is 27.3 Å². The molecule has 2 atom stereocenters. The van der Waals surface area contributed by atoms with E-state index in [9.17, 15) is 19.5 Å². The minimum absolute atomic E-state index is 0.0346. The molecule has 0 radical (unpaired) electrons. The molecule has 0 saturated carbocycles. The van der Waals surface area contributed by atoms with Crippen LogP contribution in [0.3, 0.4) is 0 Å². The van der Waals surface area contributed by atoms with Crippen molar-refractivity contribution >= 4 is 23.9 Å². The first kappa shape index (κ1) is 18.9. The van der Waals surface area contributed by atoms with Crippen molar-refractivity contribution in [3.63, 3.8) is 0 Å². The fourth-order valence-electron chi connectivity index (χ4n) is 4.20. The quantitative estimate of drug-likeness (QED) is 0.874.